The lowest BCUT2D eigenvalue weighted by Crippen LogP contribution is -1.83. The minimum absolute atomic E-state index is 0.192. The predicted octanol–water partition coefficient (Wildman–Crippen LogP) is 3.09. The number of anilines is 1. The molecule has 1 heterocycles. The summed E-state index contributed by atoms with van der Waals surface area (Å²) in [4.78, 5) is 4.34. The molecule has 4 nitrogen and oxygen atoms in total. The van der Waals surface area contributed by atoms with Gasteiger partial charge in [-0.2, -0.15) is 0 Å². The first-order valence-electron chi connectivity index (χ1n) is 5.60. The Balaban J connectivity index is 2.22. The van der Waals surface area contributed by atoms with Gasteiger partial charge in [0.1, 0.15) is 11.3 Å². The third-order valence-corrected chi connectivity index (χ3v) is 2.88. The van der Waals surface area contributed by atoms with Crippen molar-refractivity contribution in [3.8, 4) is 17.2 Å². The van der Waals surface area contributed by atoms with E-state index in [-0.39, 0.29) is 5.75 Å². The maximum absolute atomic E-state index is 10.0. The summed E-state index contributed by atoms with van der Waals surface area (Å²) in [6.07, 6.45) is 0. The van der Waals surface area contributed by atoms with Gasteiger partial charge in [0.15, 0.2) is 5.58 Å². The van der Waals surface area contributed by atoms with Gasteiger partial charge in [0, 0.05) is 5.69 Å². The number of hydrogen-bond donors (Lipinski definition) is 2. The van der Waals surface area contributed by atoms with E-state index in [0.717, 1.165) is 5.56 Å². The largest absolute Gasteiger partial charge is 0.507 e. The molecule has 0 saturated heterocycles. The molecule has 0 saturated carbocycles. The molecule has 0 aliphatic carbocycles. The summed E-state index contributed by atoms with van der Waals surface area (Å²) in [5.41, 5.74) is 9.04. The van der Waals surface area contributed by atoms with Gasteiger partial charge >= 0.3 is 0 Å². The van der Waals surface area contributed by atoms with E-state index in [2.05, 4.69) is 4.98 Å². The van der Waals surface area contributed by atoms with Crippen molar-refractivity contribution in [2.24, 2.45) is 0 Å². The minimum Gasteiger partial charge on any atom is -0.507 e. The van der Waals surface area contributed by atoms with Crippen LogP contribution in [0.3, 0.4) is 0 Å². The highest BCUT2D eigenvalue weighted by Crippen LogP contribution is 2.33. The van der Waals surface area contributed by atoms with Gasteiger partial charge in [0.05, 0.1) is 5.56 Å². The number of fused-ring (bicyclic) bond motifs is 1. The molecule has 4 heteroatoms. The molecule has 3 rings (SSSR count). The maximum Gasteiger partial charge on any atom is 0.231 e. The molecule has 0 amide bonds. The van der Waals surface area contributed by atoms with Gasteiger partial charge in [-0.3, -0.25) is 0 Å². The van der Waals surface area contributed by atoms with E-state index >= 15 is 0 Å². The summed E-state index contributed by atoms with van der Waals surface area (Å²) in [6, 6.07) is 10.7. The van der Waals surface area contributed by atoms with Crippen molar-refractivity contribution in [1.82, 2.24) is 4.98 Å². The molecule has 0 fully saturated rings. The van der Waals surface area contributed by atoms with E-state index in [0.29, 0.717) is 28.2 Å². The quantitative estimate of drug-likeness (QED) is 0.641. The molecule has 3 aromatic rings. The van der Waals surface area contributed by atoms with E-state index in [1.54, 1.807) is 24.3 Å². The van der Waals surface area contributed by atoms with Gasteiger partial charge in [0.2, 0.25) is 5.89 Å². The highest BCUT2D eigenvalue weighted by Gasteiger charge is 2.13. The zero-order valence-corrected chi connectivity index (χ0v) is 9.84. The molecule has 90 valence electrons. The summed E-state index contributed by atoms with van der Waals surface area (Å²) in [5.74, 6) is 0.592. The van der Waals surface area contributed by atoms with E-state index < -0.39 is 0 Å². The molecule has 0 atom stereocenters. The Kier molecular flexibility index (Phi) is 2.23. The summed E-state index contributed by atoms with van der Waals surface area (Å²) >= 11 is 0. The van der Waals surface area contributed by atoms with Gasteiger partial charge in [-0.05, 0) is 36.8 Å². The van der Waals surface area contributed by atoms with E-state index in [9.17, 15) is 5.11 Å². The summed E-state index contributed by atoms with van der Waals surface area (Å²) in [7, 11) is 0. The number of aromatic hydroxyl groups is 1. The minimum atomic E-state index is 0.192. The fraction of sp³-hybridized carbons (Fsp3) is 0.0714. The highest BCUT2D eigenvalue weighted by atomic mass is 16.3. The lowest BCUT2D eigenvalue weighted by atomic mass is 10.1. The lowest BCUT2D eigenvalue weighted by Gasteiger charge is -2.02. The van der Waals surface area contributed by atoms with Crippen LogP contribution in [0.25, 0.3) is 22.6 Å². The third kappa shape index (κ3) is 1.59. The molecular formula is C14H12N2O2. The van der Waals surface area contributed by atoms with E-state index in [1.165, 1.54) is 0 Å². The number of phenolic OH excluding ortho intramolecular Hbond substituents is 1. The summed E-state index contributed by atoms with van der Waals surface area (Å²) < 4.78 is 5.62. The standard InChI is InChI=1S/C14H12N2O2/c1-8-3-2-4-10(13(8)17)14-16-11-7-9(15)5-6-12(11)18-14/h2-7,17H,15H2,1H3. The second-order valence-corrected chi connectivity index (χ2v) is 4.22. The van der Waals surface area contributed by atoms with Gasteiger partial charge < -0.3 is 15.3 Å². The molecular weight excluding hydrogens is 228 g/mol. The Morgan fingerprint density at radius 2 is 2.06 bits per heavy atom. The number of oxazole rings is 1. The van der Waals surface area contributed by atoms with Crippen molar-refractivity contribution >= 4 is 16.8 Å². The van der Waals surface area contributed by atoms with Crippen LogP contribution >= 0.6 is 0 Å². The molecule has 1 aromatic heterocycles. The van der Waals surface area contributed by atoms with Crippen LogP contribution in [0.15, 0.2) is 40.8 Å². The third-order valence-electron chi connectivity index (χ3n) is 2.88. The lowest BCUT2D eigenvalue weighted by molar-refractivity contribution is 0.470. The van der Waals surface area contributed by atoms with Crippen molar-refractivity contribution in [3.63, 3.8) is 0 Å². The van der Waals surface area contributed by atoms with Crippen molar-refractivity contribution < 1.29 is 9.52 Å². The Hall–Kier alpha value is -2.49. The number of hydrogen-bond acceptors (Lipinski definition) is 4. The molecule has 0 spiro atoms. The smallest absolute Gasteiger partial charge is 0.231 e. The molecule has 3 N–H and O–H groups in total. The average Bonchev–Trinajstić information content (AvgIpc) is 2.75. The highest BCUT2D eigenvalue weighted by molar-refractivity contribution is 5.80. The summed E-state index contributed by atoms with van der Waals surface area (Å²) in [6.45, 7) is 1.83. The fourth-order valence-corrected chi connectivity index (χ4v) is 1.89. The Bertz CT molecular complexity index is 732. The topological polar surface area (TPSA) is 72.3 Å². The fourth-order valence-electron chi connectivity index (χ4n) is 1.89. The zero-order valence-electron chi connectivity index (χ0n) is 9.84. The number of aryl methyl sites for hydroxylation is 1. The zero-order chi connectivity index (χ0) is 12.7. The monoisotopic (exact) mass is 240 g/mol. The number of aromatic nitrogens is 1. The number of para-hydroxylation sites is 1. The van der Waals surface area contributed by atoms with Crippen molar-refractivity contribution in [1.29, 1.82) is 0 Å². The number of phenols is 1. The van der Waals surface area contributed by atoms with Crippen LogP contribution in [-0.4, -0.2) is 10.1 Å². The first-order valence-corrected chi connectivity index (χ1v) is 5.60. The van der Waals surface area contributed by atoms with Crippen LogP contribution in [0.2, 0.25) is 0 Å². The number of nitrogen functional groups attached to an aromatic ring is 1. The van der Waals surface area contributed by atoms with Crippen LogP contribution in [0.1, 0.15) is 5.56 Å². The normalized spacial score (nSPS) is 10.9. The first kappa shape index (κ1) is 10.7. The maximum atomic E-state index is 10.0. The second kappa shape index (κ2) is 3.77. The molecule has 0 aliphatic heterocycles. The number of benzene rings is 2. The van der Waals surface area contributed by atoms with Gasteiger partial charge in [-0.25, -0.2) is 4.98 Å². The van der Waals surface area contributed by atoms with Gasteiger partial charge in [0.25, 0.3) is 0 Å². The van der Waals surface area contributed by atoms with Crippen LogP contribution in [0.4, 0.5) is 5.69 Å². The van der Waals surface area contributed by atoms with Crippen LogP contribution in [0, 0.1) is 6.92 Å². The van der Waals surface area contributed by atoms with Crippen molar-refractivity contribution in [3.05, 3.63) is 42.0 Å². The van der Waals surface area contributed by atoms with Gasteiger partial charge in [-0.1, -0.05) is 12.1 Å². The SMILES string of the molecule is Cc1cccc(-c2nc3cc(N)ccc3o2)c1O. The van der Waals surface area contributed by atoms with Crippen LogP contribution < -0.4 is 5.73 Å². The molecule has 0 bridgehead atoms. The summed E-state index contributed by atoms with van der Waals surface area (Å²) in [5, 5.41) is 10.0. The van der Waals surface area contributed by atoms with Crippen LogP contribution in [-0.2, 0) is 0 Å². The van der Waals surface area contributed by atoms with Crippen molar-refractivity contribution in [2.45, 2.75) is 6.92 Å². The average molecular weight is 240 g/mol. The van der Waals surface area contributed by atoms with Crippen molar-refractivity contribution in [2.75, 3.05) is 5.73 Å². The Morgan fingerprint density at radius 3 is 2.89 bits per heavy atom. The number of rotatable bonds is 1. The molecule has 18 heavy (non-hydrogen) atoms. The van der Waals surface area contributed by atoms with Gasteiger partial charge in [-0.15, -0.1) is 0 Å². The number of nitrogens with zero attached hydrogens (tertiary/aromatic N) is 1. The molecule has 0 aliphatic rings. The Labute approximate surface area is 104 Å². The second-order valence-electron chi connectivity index (χ2n) is 4.22. The Morgan fingerprint density at radius 1 is 1.22 bits per heavy atom. The predicted molar refractivity (Wildman–Crippen MR) is 70.3 cm³/mol. The molecule has 2 aromatic carbocycles. The van der Waals surface area contributed by atoms with Crippen LogP contribution in [0.5, 0.6) is 5.75 Å². The molecule has 0 radical (unpaired) electrons. The van der Waals surface area contributed by atoms with E-state index in [4.69, 9.17) is 10.2 Å². The first-order chi connectivity index (χ1) is 8.65. The molecule has 0 unspecified atom stereocenters. The number of nitrogens with two attached hydrogens (primary N) is 1. The van der Waals surface area contributed by atoms with E-state index in [1.807, 2.05) is 19.1 Å².